The molecule has 2 aromatic carbocycles. The van der Waals surface area contributed by atoms with E-state index in [0.29, 0.717) is 36.1 Å². The standard InChI is InChI=1S/C34H46N4O3S/c1-21(2)18-27-20-41-33-24(5)32(30-22(3)10-8-11-23(30)4)35-34(36-33)37-42(39,40)29-13-9-12-26(19-29)31(27)25-14-16-28(17-15-25)38(6)7/h8-13,19,21,25,27-28,31H,14-18,20H2,1-7H3,(H,35,36,37)/t25?,27-,28?,31?/m1/s1. The van der Waals surface area contributed by atoms with Crippen LogP contribution in [-0.4, -0.2) is 50.0 Å². The van der Waals surface area contributed by atoms with Crippen molar-refractivity contribution >= 4 is 16.0 Å². The summed E-state index contributed by atoms with van der Waals surface area (Å²) in [5.74, 6) is 1.77. The number of sulfonamides is 1. The molecular weight excluding hydrogens is 544 g/mol. The van der Waals surface area contributed by atoms with E-state index in [1.807, 2.05) is 51.1 Å². The second-order valence-electron chi connectivity index (χ2n) is 13.0. The van der Waals surface area contributed by atoms with Gasteiger partial charge in [-0.1, -0.05) is 44.2 Å². The number of aromatic nitrogens is 2. The van der Waals surface area contributed by atoms with Crippen LogP contribution in [0.15, 0.2) is 47.4 Å². The normalized spacial score (nSPS) is 23.9. The molecule has 1 aliphatic carbocycles. The molecule has 1 saturated carbocycles. The van der Waals surface area contributed by atoms with Gasteiger partial charge < -0.3 is 9.64 Å². The number of hydrogen-bond donors (Lipinski definition) is 1. The maximum Gasteiger partial charge on any atom is 0.264 e. The Hall–Kier alpha value is -2.97. The molecule has 3 aromatic rings. The van der Waals surface area contributed by atoms with Crippen molar-refractivity contribution in [2.45, 2.75) is 83.6 Å². The van der Waals surface area contributed by atoms with Crippen molar-refractivity contribution < 1.29 is 13.2 Å². The van der Waals surface area contributed by atoms with Crippen LogP contribution in [0.3, 0.4) is 0 Å². The van der Waals surface area contributed by atoms with Crippen molar-refractivity contribution in [3.8, 4) is 17.1 Å². The number of nitrogens with zero attached hydrogens (tertiary/aromatic N) is 3. The zero-order chi connectivity index (χ0) is 30.2. The second kappa shape index (κ2) is 12.3. The highest BCUT2D eigenvalue weighted by molar-refractivity contribution is 7.92. The first kappa shape index (κ1) is 30.5. The summed E-state index contributed by atoms with van der Waals surface area (Å²) in [4.78, 5) is 12.0. The lowest BCUT2D eigenvalue weighted by molar-refractivity contribution is 0.124. The third-order valence-electron chi connectivity index (χ3n) is 9.29. The molecule has 0 amide bonds. The predicted molar refractivity (Wildman–Crippen MR) is 170 cm³/mol. The lowest BCUT2D eigenvalue weighted by atomic mass is 9.68. The Balaban J connectivity index is 1.64. The van der Waals surface area contributed by atoms with Crippen LogP contribution in [0.5, 0.6) is 5.88 Å². The van der Waals surface area contributed by atoms with Crippen molar-refractivity contribution in [1.29, 1.82) is 0 Å². The molecule has 4 bridgehead atoms. The molecule has 0 saturated heterocycles. The highest BCUT2D eigenvalue weighted by Crippen LogP contribution is 2.45. The van der Waals surface area contributed by atoms with Gasteiger partial charge in [-0.15, -0.1) is 0 Å². The Labute approximate surface area is 252 Å². The number of aryl methyl sites for hydroxylation is 2. The van der Waals surface area contributed by atoms with Gasteiger partial charge in [0, 0.05) is 23.1 Å². The molecule has 0 spiro atoms. The topological polar surface area (TPSA) is 84.4 Å². The molecule has 5 rings (SSSR count). The van der Waals surface area contributed by atoms with Crippen LogP contribution in [0, 0.1) is 38.5 Å². The number of nitrogens with one attached hydrogen (secondary N) is 1. The number of benzene rings is 2. The van der Waals surface area contributed by atoms with Crippen molar-refractivity contribution in [1.82, 2.24) is 14.9 Å². The number of fused-ring (bicyclic) bond motifs is 4. The van der Waals surface area contributed by atoms with Gasteiger partial charge in [0.05, 0.1) is 17.2 Å². The molecular formula is C34H46N4O3S. The van der Waals surface area contributed by atoms with Crippen molar-refractivity contribution in [3.05, 3.63) is 64.7 Å². The number of hydrogen-bond acceptors (Lipinski definition) is 6. The Morgan fingerprint density at radius 1 is 0.976 bits per heavy atom. The zero-order valence-electron chi connectivity index (χ0n) is 26.1. The van der Waals surface area contributed by atoms with Gasteiger partial charge in [-0.2, -0.15) is 4.98 Å². The number of rotatable bonds is 5. The van der Waals surface area contributed by atoms with Crippen molar-refractivity contribution in [2.24, 2.45) is 17.8 Å². The fraction of sp³-hybridized carbons (Fsp3) is 0.529. The van der Waals surface area contributed by atoms with Crippen molar-refractivity contribution in [2.75, 3.05) is 25.4 Å². The third-order valence-corrected chi connectivity index (χ3v) is 10.6. The number of ether oxygens (including phenoxy) is 1. The lowest BCUT2D eigenvalue weighted by Crippen LogP contribution is -2.36. The molecule has 7 nitrogen and oxygen atoms in total. The maximum atomic E-state index is 13.8. The van der Waals surface area contributed by atoms with Gasteiger partial charge in [-0.25, -0.2) is 18.1 Å². The highest BCUT2D eigenvalue weighted by atomic mass is 32.2. The lowest BCUT2D eigenvalue weighted by Gasteiger charge is -2.40. The molecule has 1 aliphatic heterocycles. The smallest absolute Gasteiger partial charge is 0.264 e. The van der Waals surface area contributed by atoms with Crippen LogP contribution in [0.2, 0.25) is 0 Å². The first-order valence-corrected chi connectivity index (χ1v) is 16.8. The predicted octanol–water partition coefficient (Wildman–Crippen LogP) is 7.13. The fourth-order valence-electron chi connectivity index (χ4n) is 7.20. The summed E-state index contributed by atoms with van der Waals surface area (Å²) in [6.45, 7) is 11.1. The van der Waals surface area contributed by atoms with Gasteiger partial charge in [0.15, 0.2) is 0 Å². The Morgan fingerprint density at radius 3 is 2.29 bits per heavy atom. The third kappa shape index (κ3) is 6.35. The summed E-state index contributed by atoms with van der Waals surface area (Å²) < 4.78 is 36.9. The molecule has 2 aliphatic rings. The first-order chi connectivity index (χ1) is 19.9. The molecule has 1 unspecified atom stereocenters. The first-order valence-electron chi connectivity index (χ1n) is 15.3. The minimum atomic E-state index is -3.93. The SMILES string of the molecule is Cc1cccc(C)c1-c1nc2nc(c1C)OC[C@@H](CC(C)C)C(C1CCC(N(C)C)CC1)c1cccc(c1)S(=O)(=O)N2. The van der Waals surface area contributed by atoms with Gasteiger partial charge in [0.2, 0.25) is 11.8 Å². The summed E-state index contributed by atoms with van der Waals surface area (Å²) in [6.07, 6.45) is 5.51. The van der Waals surface area contributed by atoms with Gasteiger partial charge >= 0.3 is 0 Å². The Kier molecular flexibility index (Phi) is 8.95. The fourth-order valence-corrected chi connectivity index (χ4v) is 8.20. The van der Waals surface area contributed by atoms with E-state index in [1.54, 1.807) is 6.07 Å². The molecule has 1 aromatic heterocycles. The zero-order valence-corrected chi connectivity index (χ0v) is 27.0. The minimum Gasteiger partial charge on any atom is -0.477 e. The van der Waals surface area contributed by atoms with Gasteiger partial charge in [0.1, 0.15) is 0 Å². The molecule has 1 N–H and O–H groups in total. The second-order valence-corrected chi connectivity index (χ2v) is 14.7. The summed E-state index contributed by atoms with van der Waals surface area (Å²) in [7, 11) is 0.408. The van der Waals surface area contributed by atoms with E-state index in [9.17, 15) is 8.42 Å². The monoisotopic (exact) mass is 590 g/mol. The van der Waals surface area contributed by atoms with Crippen LogP contribution in [-0.2, 0) is 10.0 Å². The molecule has 0 radical (unpaired) electrons. The van der Waals surface area contributed by atoms with Crippen molar-refractivity contribution in [3.63, 3.8) is 0 Å². The molecule has 42 heavy (non-hydrogen) atoms. The van der Waals surface area contributed by atoms with Gasteiger partial charge in [0.25, 0.3) is 10.0 Å². The average molecular weight is 591 g/mol. The summed E-state index contributed by atoms with van der Waals surface area (Å²) in [5.41, 5.74) is 5.70. The minimum absolute atomic E-state index is 0.0261. The summed E-state index contributed by atoms with van der Waals surface area (Å²) in [6, 6.07) is 14.3. The van der Waals surface area contributed by atoms with Crippen LogP contribution in [0.1, 0.15) is 74.1 Å². The van der Waals surface area contributed by atoms with E-state index < -0.39 is 10.0 Å². The van der Waals surface area contributed by atoms with E-state index in [1.165, 1.54) is 0 Å². The molecule has 2 heterocycles. The van der Waals surface area contributed by atoms with E-state index in [-0.39, 0.29) is 22.7 Å². The average Bonchev–Trinajstić information content (AvgIpc) is 2.93. The molecule has 2 atom stereocenters. The summed E-state index contributed by atoms with van der Waals surface area (Å²) >= 11 is 0. The largest absolute Gasteiger partial charge is 0.477 e. The Morgan fingerprint density at radius 2 is 1.64 bits per heavy atom. The van der Waals surface area contributed by atoms with Gasteiger partial charge in [-0.3, -0.25) is 0 Å². The molecule has 1 fully saturated rings. The maximum absolute atomic E-state index is 13.8. The van der Waals surface area contributed by atoms with Gasteiger partial charge in [-0.05, 0) is 114 Å². The van der Waals surface area contributed by atoms with E-state index in [0.717, 1.165) is 59.9 Å². The Bertz CT molecular complexity index is 1510. The van der Waals surface area contributed by atoms with Crippen LogP contribution in [0.25, 0.3) is 11.3 Å². The summed E-state index contributed by atoms with van der Waals surface area (Å²) in [5, 5.41) is 0. The number of anilines is 1. The molecule has 8 heteroatoms. The van der Waals surface area contributed by atoms with E-state index in [4.69, 9.17) is 9.72 Å². The van der Waals surface area contributed by atoms with E-state index in [2.05, 4.69) is 48.6 Å². The quantitative estimate of drug-likeness (QED) is 0.340. The molecule has 226 valence electrons. The van der Waals surface area contributed by atoms with E-state index >= 15 is 0 Å². The highest BCUT2D eigenvalue weighted by Gasteiger charge is 2.36. The van der Waals surface area contributed by atoms with Crippen LogP contribution >= 0.6 is 0 Å². The van der Waals surface area contributed by atoms with Crippen LogP contribution in [0.4, 0.5) is 5.95 Å². The van der Waals surface area contributed by atoms with Crippen LogP contribution < -0.4 is 9.46 Å².